The molecular weight excluding hydrogens is 477 g/mol. The van der Waals surface area contributed by atoms with Crippen LogP contribution in [0.15, 0.2) is 103 Å². The van der Waals surface area contributed by atoms with E-state index in [2.05, 4.69) is 47.3 Å². The molecule has 0 fully saturated rings. The number of nitrogens with zero attached hydrogens (tertiary/aromatic N) is 1. The number of ether oxygens (including phenoxy) is 2. The van der Waals surface area contributed by atoms with Crippen molar-refractivity contribution in [1.29, 1.82) is 0 Å². The number of carbonyl (C=O) groups is 1. The van der Waals surface area contributed by atoms with E-state index in [1.165, 1.54) is 11.6 Å². The number of hydrogen-bond donors (Lipinski definition) is 0. The summed E-state index contributed by atoms with van der Waals surface area (Å²) in [6.45, 7) is 3.12. The molecule has 4 aromatic carbocycles. The second-order valence-electron chi connectivity index (χ2n) is 9.26. The molecule has 38 heavy (non-hydrogen) atoms. The summed E-state index contributed by atoms with van der Waals surface area (Å²) < 4.78 is 27.1. The van der Waals surface area contributed by atoms with E-state index in [0.29, 0.717) is 37.3 Å². The summed E-state index contributed by atoms with van der Waals surface area (Å²) in [5.74, 6) is 0.270. The van der Waals surface area contributed by atoms with Crippen LogP contribution in [0.2, 0.25) is 0 Å². The zero-order valence-electron chi connectivity index (χ0n) is 21.4. The van der Waals surface area contributed by atoms with Crippen LogP contribution in [0.5, 0.6) is 5.75 Å². The second-order valence-corrected chi connectivity index (χ2v) is 9.26. The van der Waals surface area contributed by atoms with Gasteiger partial charge in [-0.05, 0) is 65.1 Å². The van der Waals surface area contributed by atoms with Crippen LogP contribution in [0, 0.1) is 5.82 Å². The number of carbonyl (C=O) groups excluding carboxylic acids is 1. The van der Waals surface area contributed by atoms with E-state index in [1.807, 2.05) is 43.3 Å². The minimum atomic E-state index is -0.262. The van der Waals surface area contributed by atoms with Crippen LogP contribution in [-0.4, -0.2) is 17.1 Å². The predicted octanol–water partition coefficient (Wildman–Crippen LogP) is 7.57. The molecule has 5 aromatic rings. The number of rotatable bonds is 10. The molecule has 0 aliphatic rings. The topological polar surface area (TPSA) is 40.5 Å². The van der Waals surface area contributed by atoms with Crippen LogP contribution >= 0.6 is 0 Å². The number of hydrogen-bond acceptors (Lipinski definition) is 3. The van der Waals surface area contributed by atoms with E-state index in [9.17, 15) is 9.18 Å². The van der Waals surface area contributed by atoms with Crippen molar-refractivity contribution in [2.24, 2.45) is 0 Å². The number of aryl methyl sites for hydroxylation is 1. The van der Waals surface area contributed by atoms with Gasteiger partial charge in [-0.1, -0.05) is 66.7 Å². The van der Waals surface area contributed by atoms with E-state index < -0.39 is 0 Å². The molecule has 0 saturated carbocycles. The second kappa shape index (κ2) is 11.8. The fraction of sp³-hybridized carbons (Fsp3) is 0.182. The van der Waals surface area contributed by atoms with Crippen molar-refractivity contribution < 1.29 is 18.7 Å². The number of benzene rings is 4. The first-order valence-electron chi connectivity index (χ1n) is 12.9. The van der Waals surface area contributed by atoms with Gasteiger partial charge < -0.3 is 14.0 Å². The predicted molar refractivity (Wildman–Crippen MR) is 149 cm³/mol. The molecule has 0 amide bonds. The maximum absolute atomic E-state index is 13.9. The molecule has 0 unspecified atom stereocenters. The van der Waals surface area contributed by atoms with E-state index >= 15 is 0 Å². The largest absolute Gasteiger partial charge is 0.489 e. The van der Waals surface area contributed by atoms with Crippen molar-refractivity contribution in [3.63, 3.8) is 0 Å². The first-order chi connectivity index (χ1) is 18.6. The van der Waals surface area contributed by atoms with Crippen molar-refractivity contribution in [2.45, 2.75) is 32.9 Å². The van der Waals surface area contributed by atoms with Crippen LogP contribution in [0.4, 0.5) is 4.39 Å². The Balaban J connectivity index is 1.32. The third-order valence-electron chi connectivity index (χ3n) is 6.54. The molecule has 5 heteroatoms. The van der Waals surface area contributed by atoms with Crippen LogP contribution < -0.4 is 4.74 Å². The molecule has 0 spiro atoms. The zero-order chi connectivity index (χ0) is 26.3. The Labute approximate surface area is 222 Å². The van der Waals surface area contributed by atoms with Gasteiger partial charge in [-0.2, -0.15) is 0 Å². The molecule has 192 valence electrons. The molecule has 1 heterocycles. The van der Waals surface area contributed by atoms with Gasteiger partial charge in [0, 0.05) is 36.5 Å². The molecule has 0 saturated heterocycles. The average molecular weight is 508 g/mol. The van der Waals surface area contributed by atoms with Gasteiger partial charge in [-0.15, -0.1) is 0 Å². The van der Waals surface area contributed by atoms with Crippen molar-refractivity contribution >= 4 is 16.7 Å². The summed E-state index contributed by atoms with van der Waals surface area (Å²) in [5, 5.41) is 2.17. The molecule has 0 radical (unpaired) electrons. The molecule has 5 rings (SSSR count). The highest BCUT2D eigenvalue weighted by Crippen LogP contribution is 2.28. The number of aromatic nitrogens is 1. The minimum Gasteiger partial charge on any atom is -0.489 e. The zero-order valence-corrected chi connectivity index (χ0v) is 21.4. The van der Waals surface area contributed by atoms with Gasteiger partial charge in [0.2, 0.25) is 0 Å². The summed E-state index contributed by atoms with van der Waals surface area (Å²) in [5.41, 5.74) is 5.09. The first kappa shape index (κ1) is 25.3. The fourth-order valence-corrected chi connectivity index (χ4v) is 4.64. The first-order valence-corrected chi connectivity index (χ1v) is 12.9. The van der Waals surface area contributed by atoms with Gasteiger partial charge in [0.05, 0.1) is 6.61 Å². The van der Waals surface area contributed by atoms with Gasteiger partial charge >= 0.3 is 5.97 Å². The van der Waals surface area contributed by atoms with Gasteiger partial charge in [-0.25, -0.2) is 4.39 Å². The third-order valence-corrected chi connectivity index (χ3v) is 6.54. The third kappa shape index (κ3) is 6.12. The summed E-state index contributed by atoms with van der Waals surface area (Å²) in [6, 6.07) is 29.2. The van der Waals surface area contributed by atoms with E-state index in [1.54, 1.807) is 18.2 Å². The minimum absolute atomic E-state index is 0.175. The van der Waals surface area contributed by atoms with Crippen molar-refractivity contribution in [2.75, 3.05) is 6.61 Å². The monoisotopic (exact) mass is 507 g/mol. The summed E-state index contributed by atoms with van der Waals surface area (Å²) >= 11 is 0. The molecule has 0 atom stereocenters. The Hall–Kier alpha value is -4.38. The summed E-state index contributed by atoms with van der Waals surface area (Å²) in [4.78, 5) is 12.0. The Bertz CT molecular complexity index is 1540. The molecular formula is C33H30FNO3. The van der Waals surface area contributed by atoms with E-state index in [0.717, 1.165) is 27.5 Å². The lowest BCUT2D eigenvalue weighted by atomic mass is 10.0. The van der Waals surface area contributed by atoms with Gasteiger partial charge in [0.15, 0.2) is 0 Å². The van der Waals surface area contributed by atoms with Crippen LogP contribution in [0.1, 0.15) is 30.0 Å². The number of halogens is 1. The number of fused-ring (bicyclic) bond motifs is 1. The molecule has 0 aliphatic heterocycles. The normalized spacial score (nSPS) is 11.0. The lowest BCUT2D eigenvalue weighted by Crippen LogP contribution is -2.05. The quantitative estimate of drug-likeness (QED) is 0.183. The molecule has 0 aliphatic carbocycles. The SMILES string of the molecule is CCOC(=O)CCc1cn(Cc2ccc3cc(OCc4ccccc4F)ccc3c2)cc1-c1ccccc1. The smallest absolute Gasteiger partial charge is 0.306 e. The van der Waals surface area contributed by atoms with Crippen LogP contribution in [0.3, 0.4) is 0 Å². The van der Waals surface area contributed by atoms with Gasteiger partial charge in [0.25, 0.3) is 0 Å². The van der Waals surface area contributed by atoms with Crippen molar-refractivity contribution in [3.8, 4) is 16.9 Å². The van der Waals surface area contributed by atoms with Gasteiger partial charge in [-0.3, -0.25) is 4.79 Å². The van der Waals surface area contributed by atoms with Crippen molar-refractivity contribution in [1.82, 2.24) is 4.57 Å². The van der Waals surface area contributed by atoms with Crippen LogP contribution in [0.25, 0.3) is 21.9 Å². The van der Waals surface area contributed by atoms with E-state index in [4.69, 9.17) is 9.47 Å². The summed E-state index contributed by atoms with van der Waals surface area (Å²) in [6.07, 6.45) is 5.27. The van der Waals surface area contributed by atoms with Gasteiger partial charge in [0.1, 0.15) is 18.2 Å². The fourth-order valence-electron chi connectivity index (χ4n) is 4.64. The Kier molecular flexibility index (Phi) is 7.84. The Morgan fingerprint density at radius 3 is 2.42 bits per heavy atom. The highest BCUT2D eigenvalue weighted by molar-refractivity contribution is 5.84. The number of esters is 1. The molecule has 1 aromatic heterocycles. The standard InChI is InChI=1S/C33H30FNO3/c1-2-37-33(36)17-15-28-21-35(22-31(28)25-8-4-3-5-9-25)20-24-12-13-27-19-30(16-14-26(27)18-24)38-23-29-10-6-7-11-32(29)34/h3-14,16,18-19,21-22H,2,15,17,20,23H2,1H3. The summed E-state index contributed by atoms with van der Waals surface area (Å²) in [7, 11) is 0. The average Bonchev–Trinajstić information content (AvgIpc) is 3.34. The van der Waals surface area contributed by atoms with Crippen molar-refractivity contribution in [3.05, 3.63) is 126 Å². The highest BCUT2D eigenvalue weighted by Gasteiger charge is 2.12. The highest BCUT2D eigenvalue weighted by atomic mass is 19.1. The van der Waals surface area contributed by atoms with Crippen LogP contribution in [-0.2, 0) is 29.1 Å². The Morgan fingerprint density at radius 1 is 0.842 bits per heavy atom. The molecule has 0 bridgehead atoms. The van der Waals surface area contributed by atoms with E-state index in [-0.39, 0.29) is 18.4 Å². The lowest BCUT2D eigenvalue weighted by Gasteiger charge is -2.09. The maximum atomic E-state index is 13.9. The maximum Gasteiger partial charge on any atom is 0.306 e. The molecule has 4 nitrogen and oxygen atoms in total. The Morgan fingerprint density at radius 2 is 1.61 bits per heavy atom. The lowest BCUT2D eigenvalue weighted by molar-refractivity contribution is -0.143. The molecule has 0 N–H and O–H groups in total.